The van der Waals surface area contributed by atoms with Gasteiger partial charge in [0.25, 0.3) is 0 Å². The van der Waals surface area contributed by atoms with Crippen LogP contribution < -0.4 is 0 Å². The van der Waals surface area contributed by atoms with Crippen molar-refractivity contribution in [2.45, 2.75) is 31.6 Å². The molecule has 2 nitrogen and oxygen atoms in total. The molecule has 1 atom stereocenters. The normalized spacial score (nSPS) is 22.4. The van der Waals surface area contributed by atoms with Crippen LogP contribution in [0.3, 0.4) is 0 Å². The maximum Gasteiger partial charge on any atom is 0.133 e. The van der Waals surface area contributed by atoms with Gasteiger partial charge in [-0.3, -0.25) is 9.78 Å². The summed E-state index contributed by atoms with van der Waals surface area (Å²) in [5.41, 5.74) is 1.04. The van der Waals surface area contributed by atoms with Crippen molar-refractivity contribution >= 4 is 21.7 Å². The summed E-state index contributed by atoms with van der Waals surface area (Å²) in [7, 11) is 0. The number of hydrogen-bond donors (Lipinski definition) is 0. The SMILES string of the molecule is O=C1CCCC(c2ncccc2Br)C1. The first kappa shape index (κ1) is 9.84. The molecule has 0 aliphatic heterocycles. The maximum atomic E-state index is 11.3. The van der Waals surface area contributed by atoms with E-state index in [1.165, 1.54) is 0 Å². The van der Waals surface area contributed by atoms with Crippen molar-refractivity contribution in [3.63, 3.8) is 0 Å². The van der Waals surface area contributed by atoms with Crippen molar-refractivity contribution in [2.24, 2.45) is 0 Å². The zero-order chi connectivity index (χ0) is 9.97. The molecule has 1 aliphatic carbocycles. The molecular weight excluding hydrogens is 242 g/mol. The third kappa shape index (κ3) is 2.03. The average molecular weight is 254 g/mol. The van der Waals surface area contributed by atoms with Gasteiger partial charge in [-0.05, 0) is 40.9 Å². The molecular formula is C11H12BrNO. The molecule has 0 radical (unpaired) electrons. The van der Waals surface area contributed by atoms with E-state index in [1.54, 1.807) is 6.20 Å². The highest BCUT2D eigenvalue weighted by Crippen LogP contribution is 2.33. The number of carbonyl (C=O) groups is 1. The van der Waals surface area contributed by atoms with Crippen LogP contribution in [0.25, 0.3) is 0 Å². The number of carbonyl (C=O) groups excluding carboxylic acids is 1. The molecule has 1 saturated carbocycles. The number of pyridine rings is 1. The second kappa shape index (κ2) is 4.22. The fourth-order valence-corrected chi connectivity index (χ4v) is 2.54. The van der Waals surface area contributed by atoms with E-state index in [9.17, 15) is 4.79 Å². The minimum atomic E-state index is 0.326. The van der Waals surface area contributed by atoms with E-state index in [0.29, 0.717) is 18.1 Å². The number of nitrogens with zero attached hydrogens (tertiary/aromatic N) is 1. The third-order valence-electron chi connectivity index (χ3n) is 2.66. The van der Waals surface area contributed by atoms with Crippen LogP contribution in [0.2, 0.25) is 0 Å². The maximum absolute atomic E-state index is 11.3. The summed E-state index contributed by atoms with van der Waals surface area (Å²) < 4.78 is 1.03. The number of ketones is 1. The van der Waals surface area contributed by atoms with Gasteiger partial charge in [0, 0.05) is 29.4 Å². The minimum absolute atomic E-state index is 0.326. The topological polar surface area (TPSA) is 30.0 Å². The predicted molar refractivity (Wildman–Crippen MR) is 58.2 cm³/mol. The molecule has 14 heavy (non-hydrogen) atoms. The Morgan fingerprint density at radius 1 is 1.50 bits per heavy atom. The summed E-state index contributed by atoms with van der Waals surface area (Å²) >= 11 is 3.48. The summed E-state index contributed by atoms with van der Waals surface area (Å²) in [6, 6.07) is 3.89. The number of Topliss-reactive ketones (excluding diaryl/α,β-unsaturated/α-hetero) is 1. The first-order valence-corrected chi connectivity index (χ1v) is 5.69. The molecule has 0 bridgehead atoms. The summed E-state index contributed by atoms with van der Waals surface area (Å²) in [6.07, 6.45) is 5.30. The van der Waals surface area contributed by atoms with Crippen LogP contribution in [0, 0.1) is 0 Å². The highest BCUT2D eigenvalue weighted by Gasteiger charge is 2.23. The zero-order valence-electron chi connectivity index (χ0n) is 7.87. The first-order valence-electron chi connectivity index (χ1n) is 4.89. The Morgan fingerprint density at radius 2 is 2.36 bits per heavy atom. The van der Waals surface area contributed by atoms with Gasteiger partial charge in [0.1, 0.15) is 5.78 Å². The Labute approximate surface area is 91.9 Å². The summed E-state index contributed by atoms with van der Waals surface area (Å²) in [5.74, 6) is 0.700. The van der Waals surface area contributed by atoms with E-state index in [2.05, 4.69) is 20.9 Å². The van der Waals surface area contributed by atoms with Gasteiger partial charge in [-0.1, -0.05) is 0 Å². The summed E-state index contributed by atoms with van der Waals surface area (Å²) in [6.45, 7) is 0. The molecule has 3 heteroatoms. The molecule has 74 valence electrons. The van der Waals surface area contributed by atoms with E-state index in [0.717, 1.165) is 29.4 Å². The van der Waals surface area contributed by atoms with E-state index in [-0.39, 0.29) is 0 Å². The molecule has 0 aromatic carbocycles. The molecule has 1 fully saturated rings. The molecule has 1 unspecified atom stereocenters. The van der Waals surface area contributed by atoms with Gasteiger partial charge in [-0.25, -0.2) is 0 Å². The van der Waals surface area contributed by atoms with Gasteiger partial charge >= 0.3 is 0 Å². The van der Waals surface area contributed by atoms with Gasteiger partial charge in [0.2, 0.25) is 0 Å². The van der Waals surface area contributed by atoms with E-state index >= 15 is 0 Å². The first-order chi connectivity index (χ1) is 6.77. The van der Waals surface area contributed by atoms with E-state index in [1.807, 2.05) is 12.1 Å². The van der Waals surface area contributed by atoms with Crippen molar-refractivity contribution in [3.05, 3.63) is 28.5 Å². The van der Waals surface area contributed by atoms with Gasteiger partial charge in [0.05, 0.1) is 5.69 Å². The lowest BCUT2D eigenvalue weighted by Gasteiger charge is -2.20. The highest BCUT2D eigenvalue weighted by molar-refractivity contribution is 9.10. The van der Waals surface area contributed by atoms with Crippen LogP contribution >= 0.6 is 15.9 Å². The molecule has 1 aromatic heterocycles. The number of rotatable bonds is 1. The second-order valence-corrected chi connectivity index (χ2v) is 4.56. The van der Waals surface area contributed by atoms with Crippen LogP contribution in [0.15, 0.2) is 22.8 Å². The van der Waals surface area contributed by atoms with Crippen LogP contribution in [0.1, 0.15) is 37.3 Å². The molecule has 2 rings (SSSR count). The fraction of sp³-hybridized carbons (Fsp3) is 0.455. The number of hydrogen-bond acceptors (Lipinski definition) is 2. The van der Waals surface area contributed by atoms with Crippen LogP contribution in [0.4, 0.5) is 0 Å². The van der Waals surface area contributed by atoms with Crippen LogP contribution in [-0.4, -0.2) is 10.8 Å². The largest absolute Gasteiger partial charge is 0.300 e. The minimum Gasteiger partial charge on any atom is -0.300 e. The summed E-state index contributed by atoms with van der Waals surface area (Å²) in [4.78, 5) is 15.7. The molecule has 0 N–H and O–H groups in total. The quantitative estimate of drug-likeness (QED) is 0.770. The lowest BCUT2D eigenvalue weighted by molar-refractivity contribution is -0.120. The Bertz CT molecular complexity index is 351. The van der Waals surface area contributed by atoms with Gasteiger partial charge in [-0.2, -0.15) is 0 Å². The Kier molecular flexibility index (Phi) is 2.96. The van der Waals surface area contributed by atoms with E-state index in [4.69, 9.17) is 0 Å². The molecule has 0 spiro atoms. The highest BCUT2D eigenvalue weighted by atomic mass is 79.9. The Hall–Kier alpha value is -0.700. The average Bonchev–Trinajstić information content (AvgIpc) is 2.18. The van der Waals surface area contributed by atoms with Crippen molar-refractivity contribution < 1.29 is 4.79 Å². The van der Waals surface area contributed by atoms with Crippen molar-refractivity contribution in [3.8, 4) is 0 Å². The lowest BCUT2D eigenvalue weighted by Crippen LogP contribution is -2.14. The fourth-order valence-electron chi connectivity index (χ4n) is 1.96. The Balaban J connectivity index is 2.22. The monoisotopic (exact) mass is 253 g/mol. The molecule has 0 amide bonds. The molecule has 1 aliphatic rings. The van der Waals surface area contributed by atoms with Crippen molar-refractivity contribution in [2.75, 3.05) is 0 Å². The lowest BCUT2D eigenvalue weighted by atomic mass is 9.86. The van der Waals surface area contributed by atoms with Gasteiger partial charge in [0.15, 0.2) is 0 Å². The van der Waals surface area contributed by atoms with Gasteiger partial charge in [-0.15, -0.1) is 0 Å². The van der Waals surface area contributed by atoms with Gasteiger partial charge < -0.3 is 0 Å². The third-order valence-corrected chi connectivity index (χ3v) is 3.33. The van der Waals surface area contributed by atoms with Crippen molar-refractivity contribution in [1.82, 2.24) is 4.98 Å². The standard InChI is InChI=1S/C11H12BrNO/c12-10-5-2-6-13-11(10)8-3-1-4-9(14)7-8/h2,5-6,8H,1,3-4,7H2. The van der Waals surface area contributed by atoms with Crippen molar-refractivity contribution in [1.29, 1.82) is 0 Å². The number of aromatic nitrogens is 1. The predicted octanol–water partition coefficient (Wildman–Crippen LogP) is 3.07. The summed E-state index contributed by atoms with van der Waals surface area (Å²) in [5, 5.41) is 0. The zero-order valence-corrected chi connectivity index (χ0v) is 9.46. The van der Waals surface area contributed by atoms with E-state index < -0.39 is 0 Å². The molecule has 0 saturated heterocycles. The smallest absolute Gasteiger partial charge is 0.133 e. The second-order valence-electron chi connectivity index (χ2n) is 3.70. The molecule has 1 aromatic rings. The molecule has 1 heterocycles. The Morgan fingerprint density at radius 3 is 3.07 bits per heavy atom. The van der Waals surface area contributed by atoms with Crippen LogP contribution in [0.5, 0.6) is 0 Å². The number of halogens is 1. The van der Waals surface area contributed by atoms with Crippen LogP contribution in [-0.2, 0) is 4.79 Å².